The van der Waals surface area contributed by atoms with E-state index in [1.165, 1.54) is 0 Å². The van der Waals surface area contributed by atoms with Crippen molar-refractivity contribution in [3.63, 3.8) is 0 Å². The molecule has 0 bridgehead atoms. The average molecular weight is 363 g/mol. The third-order valence-corrected chi connectivity index (χ3v) is 3.16. The molecule has 1 unspecified atom stereocenters. The molecule has 1 atom stereocenters. The van der Waals surface area contributed by atoms with Crippen LogP contribution in [0.1, 0.15) is 0 Å². The maximum Gasteiger partial charge on any atom is 0.431 e. The van der Waals surface area contributed by atoms with E-state index >= 15 is 0 Å². The van der Waals surface area contributed by atoms with Crippen LogP contribution in [0.15, 0.2) is 47.1 Å². The number of nitrogens with one attached hydrogen (secondary N) is 3. The van der Waals surface area contributed by atoms with Gasteiger partial charge in [-0.15, -0.1) is 0 Å². The predicted molar refractivity (Wildman–Crippen MR) is 82.4 cm³/mol. The van der Waals surface area contributed by atoms with Gasteiger partial charge in [0.25, 0.3) is 0 Å². The van der Waals surface area contributed by atoms with Crippen LogP contribution in [0.4, 0.5) is 13.2 Å². The number of nitrogens with zero attached hydrogens (tertiary/aromatic N) is 1. The van der Waals surface area contributed by atoms with Crippen molar-refractivity contribution in [2.75, 3.05) is 13.2 Å². The number of ether oxygens (including phenoxy) is 1. The molecule has 1 heterocycles. The van der Waals surface area contributed by atoms with Crippen LogP contribution >= 0.6 is 11.6 Å². The standard InChI is InChI=1S/C14H14ClF3N4O2/c15-13(6-11(14(16,17)18)20-9-22-13)21-8-19-7-12(23)24-10-4-2-1-3-5-10/h1-6,9,19,21H,7-8H2,(H,20,22). The molecule has 2 rings (SSSR count). The molecule has 10 heteroatoms. The highest BCUT2D eigenvalue weighted by Crippen LogP contribution is 2.29. The molecule has 0 spiro atoms. The molecule has 1 aromatic rings. The molecule has 0 radical (unpaired) electrons. The highest BCUT2D eigenvalue weighted by atomic mass is 35.5. The van der Waals surface area contributed by atoms with Gasteiger partial charge in [0.15, 0.2) is 0 Å². The topological polar surface area (TPSA) is 74.8 Å². The molecule has 24 heavy (non-hydrogen) atoms. The minimum atomic E-state index is -4.57. The van der Waals surface area contributed by atoms with Crippen LogP contribution in [0, 0.1) is 0 Å². The zero-order valence-corrected chi connectivity index (χ0v) is 13.0. The number of hydrogen-bond acceptors (Lipinski definition) is 6. The lowest BCUT2D eigenvalue weighted by Gasteiger charge is -2.26. The van der Waals surface area contributed by atoms with E-state index in [-0.39, 0.29) is 13.2 Å². The summed E-state index contributed by atoms with van der Waals surface area (Å²) in [6.07, 6.45) is -3.01. The van der Waals surface area contributed by atoms with Crippen LogP contribution in [0.25, 0.3) is 0 Å². The van der Waals surface area contributed by atoms with Gasteiger partial charge in [-0.05, 0) is 12.1 Å². The Bertz CT molecular complexity index is 637. The van der Waals surface area contributed by atoms with Gasteiger partial charge in [0, 0.05) is 12.7 Å². The highest BCUT2D eigenvalue weighted by molar-refractivity contribution is 6.25. The molecule has 1 aliphatic heterocycles. The fraction of sp³-hybridized carbons (Fsp3) is 0.286. The zero-order chi connectivity index (χ0) is 17.6. The number of hydrogen-bond donors (Lipinski definition) is 3. The summed E-state index contributed by atoms with van der Waals surface area (Å²) in [7, 11) is 0. The maximum absolute atomic E-state index is 12.6. The van der Waals surface area contributed by atoms with Gasteiger partial charge in [-0.3, -0.25) is 15.4 Å². The largest absolute Gasteiger partial charge is 0.431 e. The first kappa shape index (κ1) is 18.2. The number of aliphatic imine (C=N–C) groups is 1. The van der Waals surface area contributed by atoms with E-state index in [9.17, 15) is 18.0 Å². The second kappa shape index (κ2) is 7.65. The monoisotopic (exact) mass is 362 g/mol. The van der Waals surface area contributed by atoms with Gasteiger partial charge in [0.1, 0.15) is 11.4 Å². The Labute approximate surface area is 140 Å². The van der Waals surface area contributed by atoms with Crippen molar-refractivity contribution in [3.8, 4) is 5.75 Å². The smallest absolute Gasteiger partial charge is 0.426 e. The average Bonchev–Trinajstić information content (AvgIpc) is 2.52. The van der Waals surface area contributed by atoms with Crippen molar-refractivity contribution in [1.82, 2.24) is 16.0 Å². The van der Waals surface area contributed by atoms with Gasteiger partial charge in [0.05, 0.1) is 12.9 Å². The highest BCUT2D eigenvalue weighted by Gasteiger charge is 2.38. The summed E-state index contributed by atoms with van der Waals surface area (Å²) in [5.74, 6) is -0.154. The zero-order valence-electron chi connectivity index (χ0n) is 12.2. The number of esters is 1. The van der Waals surface area contributed by atoms with Crippen molar-refractivity contribution in [2.45, 2.75) is 11.3 Å². The van der Waals surface area contributed by atoms with E-state index < -0.39 is 23.0 Å². The van der Waals surface area contributed by atoms with Crippen LogP contribution in [0.3, 0.4) is 0 Å². The van der Waals surface area contributed by atoms with Gasteiger partial charge >= 0.3 is 12.1 Å². The van der Waals surface area contributed by atoms with Crippen molar-refractivity contribution >= 4 is 23.9 Å². The van der Waals surface area contributed by atoms with Crippen LogP contribution in [-0.4, -0.2) is 36.8 Å². The molecule has 1 aliphatic rings. The number of allylic oxidation sites excluding steroid dienone is 1. The van der Waals surface area contributed by atoms with Gasteiger partial charge < -0.3 is 10.1 Å². The molecule has 3 N–H and O–H groups in total. The number of alkyl halides is 4. The van der Waals surface area contributed by atoms with Gasteiger partial charge in [-0.1, -0.05) is 29.8 Å². The van der Waals surface area contributed by atoms with Crippen molar-refractivity contribution < 1.29 is 22.7 Å². The summed E-state index contributed by atoms with van der Waals surface area (Å²) in [5, 5.41) is 5.43. The lowest BCUT2D eigenvalue weighted by Crippen LogP contribution is -2.47. The van der Waals surface area contributed by atoms with E-state index in [0.29, 0.717) is 11.8 Å². The van der Waals surface area contributed by atoms with E-state index in [0.717, 1.165) is 6.34 Å². The summed E-state index contributed by atoms with van der Waals surface area (Å²) in [6.45, 7) is -0.223. The van der Waals surface area contributed by atoms with E-state index in [1.807, 2.05) is 5.32 Å². The molecule has 1 aromatic carbocycles. The number of halogens is 4. The molecule has 0 aromatic heterocycles. The van der Waals surface area contributed by atoms with Gasteiger partial charge in [-0.25, -0.2) is 4.99 Å². The Morgan fingerprint density at radius 1 is 1.33 bits per heavy atom. The summed E-state index contributed by atoms with van der Waals surface area (Å²) >= 11 is 5.94. The van der Waals surface area contributed by atoms with Gasteiger partial charge in [-0.2, -0.15) is 13.2 Å². The number of carbonyl (C=O) groups excluding carboxylic acids is 1. The number of rotatable bonds is 6. The lowest BCUT2D eigenvalue weighted by atomic mass is 10.3. The van der Waals surface area contributed by atoms with Crippen molar-refractivity contribution in [3.05, 3.63) is 42.1 Å². The number of para-hydroxylation sites is 1. The third kappa shape index (κ3) is 5.52. The SMILES string of the molecule is O=C(CNCNC1(Cl)C=C(C(F)(F)F)NC=N1)Oc1ccccc1. The summed E-state index contributed by atoms with van der Waals surface area (Å²) < 4.78 is 42.9. The Morgan fingerprint density at radius 2 is 2.04 bits per heavy atom. The summed E-state index contributed by atoms with van der Waals surface area (Å²) in [5.41, 5.74) is -1.02. The normalized spacial score (nSPS) is 20.2. The van der Waals surface area contributed by atoms with Crippen LogP contribution in [0.5, 0.6) is 5.75 Å². The van der Waals surface area contributed by atoms with E-state index in [1.54, 1.807) is 30.3 Å². The molecule has 6 nitrogen and oxygen atoms in total. The number of benzene rings is 1. The van der Waals surface area contributed by atoms with Crippen LogP contribution in [-0.2, 0) is 4.79 Å². The predicted octanol–water partition coefficient (Wildman–Crippen LogP) is 1.70. The van der Waals surface area contributed by atoms with Crippen molar-refractivity contribution in [2.24, 2.45) is 4.99 Å². The van der Waals surface area contributed by atoms with E-state index in [4.69, 9.17) is 16.3 Å². The maximum atomic E-state index is 12.6. The molecule has 0 saturated heterocycles. The third-order valence-electron chi connectivity index (χ3n) is 2.82. The van der Waals surface area contributed by atoms with Gasteiger partial charge in [0.2, 0.25) is 5.12 Å². The second-order valence-corrected chi connectivity index (χ2v) is 5.28. The lowest BCUT2D eigenvalue weighted by molar-refractivity contribution is -0.133. The summed E-state index contributed by atoms with van der Waals surface area (Å²) in [4.78, 5) is 15.3. The molecule has 0 amide bonds. The Balaban J connectivity index is 1.77. The minimum Gasteiger partial charge on any atom is -0.426 e. The molecule has 0 fully saturated rings. The van der Waals surface area contributed by atoms with Crippen molar-refractivity contribution in [1.29, 1.82) is 0 Å². The second-order valence-electron chi connectivity index (χ2n) is 4.70. The van der Waals surface area contributed by atoms with Crippen LogP contribution in [0.2, 0.25) is 0 Å². The Hall–Kier alpha value is -2.10. The first-order valence-corrected chi connectivity index (χ1v) is 7.17. The fourth-order valence-corrected chi connectivity index (χ4v) is 1.96. The molecule has 0 saturated carbocycles. The fourth-order valence-electron chi connectivity index (χ4n) is 1.73. The molecular weight excluding hydrogens is 349 g/mol. The quantitative estimate of drug-likeness (QED) is 0.179. The molecule has 0 aliphatic carbocycles. The Morgan fingerprint density at radius 3 is 2.71 bits per heavy atom. The first-order chi connectivity index (χ1) is 11.3. The van der Waals surface area contributed by atoms with Crippen LogP contribution < -0.4 is 20.7 Å². The Kier molecular flexibility index (Phi) is 5.81. The molecular formula is C14H14ClF3N4O2. The molecule has 130 valence electrons. The summed E-state index contributed by atoms with van der Waals surface area (Å²) in [6, 6.07) is 8.46. The number of carbonyl (C=O) groups is 1. The minimum absolute atomic E-state index is 0.0631. The first-order valence-electron chi connectivity index (χ1n) is 6.79. The van der Waals surface area contributed by atoms with E-state index in [2.05, 4.69) is 15.6 Å².